The maximum Gasteiger partial charge on any atom is 0.253 e. The van der Waals surface area contributed by atoms with Gasteiger partial charge in [0.15, 0.2) is 0 Å². The van der Waals surface area contributed by atoms with Gasteiger partial charge in [-0.05, 0) is 31.6 Å². The zero-order chi connectivity index (χ0) is 19.6. The lowest BCUT2D eigenvalue weighted by atomic mass is 9.72. The molecule has 8 heteroatoms. The lowest BCUT2D eigenvalue weighted by Crippen LogP contribution is -2.55. The van der Waals surface area contributed by atoms with Gasteiger partial charge in [-0.3, -0.25) is 19.6 Å². The molecule has 152 valence electrons. The molecule has 0 radical (unpaired) electrons. The number of likely N-dealkylation sites (tertiary alicyclic amines) is 2. The molecular weight excluding hydrogens is 358 g/mol. The molecule has 4 rings (SSSR count). The summed E-state index contributed by atoms with van der Waals surface area (Å²) in [6.07, 6.45) is 6.49. The van der Waals surface area contributed by atoms with Gasteiger partial charge in [0.2, 0.25) is 5.91 Å². The second kappa shape index (κ2) is 8.13. The van der Waals surface area contributed by atoms with Gasteiger partial charge < -0.3 is 19.9 Å². The predicted molar refractivity (Wildman–Crippen MR) is 102 cm³/mol. The van der Waals surface area contributed by atoms with Gasteiger partial charge in [-0.25, -0.2) is 0 Å². The number of hydrogen-bond donors (Lipinski definition) is 1. The van der Waals surface area contributed by atoms with Crippen molar-refractivity contribution in [3.8, 4) is 0 Å². The smallest absolute Gasteiger partial charge is 0.253 e. The Morgan fingerprint density at radius 3 is 2.79 bits per heavy atom. The molecule has 0 bridgehead atoms. The number of aryl methyl sites for hydroxylation is 1. The summed E-state index contributed by atoms with van der Waals surface area (Å²) in [5.74, 6) is 0.286. The molecule has 1 aromatic rings. The van der Waals surface area contributed by atoms with Crippen molar-refractivity contribution in [2.45, 2.75) is 45.3 Å². The SMILES string of the molecule is Cc1cnc(CN2CC3(CCC2=O)CCN(C(=O)[C@@H]2CNCCO2)CC3)cn1. The largest absolute Gasteiger partial charge is 0.366 e. The molecule has 1 aromatic heterocycles. The van der Waals surface area contributed by atoms with E-state index in [-0.39, 0.29) is 23.3 Å². The first kappa shape index (κ1) is 19.3. The zero-order valence-corrected chi connectivity index (χ0v) is 16.5. The van der Waals surface area contributed by atoms with Gasteiger partial charge >= 0.3 is 0 Å². The van der Waals surface area contributed by atoms with Gasteiger partial charge in [-0.1, -0.05) is 0 Å². The maximum atomic E-state index is 12.7. The van der Waals surface area contributed by atoms with Crippen LogP contribution in [0.3, 0.4) is 0 Å². The Hall–Kier alpha value is -2.06. The highest BCUT2D eigenvalue weighted by Crippen LogP contribution is 2.40. The molecule has 3 aliphatic rings. The van der Waals surface area contributed by atoms with E-state index in [1.165, 1.54) is 0 Å². The van der Waals surface area contributed by atoms with Crippen LogP contribution in [0.15, 0.2) is 12.4 Å². The van der Waals surface area contributed by atoms with Crippen molar-refractivity contribution in [3.63, 3.8) is 0 Å². The minimum Gasteiger partial charge on any atom is -0.366 e. The minimum atomic E-state index is -0.354. The Morgan fingerprint density at radius 2 is 2.11 bits per heavy atom. The van der Waals surface area contributed by atoms with E-state index in [2.05, 4.69) is 15.3 Å². The topological polar surface area (TPSA) is 87.7 Å². The first-order valence-corrected chi connectivity index (χ1v) is 10.2. The molecule has 3 fully saturated rings. The van der Waals surface area contributed by atoms with E-state index < -0.39 is 0 Å². The van der Waals surface area contributed by atoms with E-state index in [1.54, 1.807) is 12.4 Å². The summed E-state index contributed by atoms with van der Waals surface area (Å²) in [6, 6.07) is 0. The van der Waals surface area contributed by atoms with Crippen LogP contribution in [0.2, 0.25) is 0 Å². The van der Waals surface area contributed by atoms with Crippen molar-refractivity contribution in [1.82, 2.24) is 25.1 Å². The Kier molecular flexibility index (Phi) is 5.59. The molecule has 0 unspecified atom stereocenters. The Labute approximate surface area is 165 Å². The quantitative estimate of drug-likeness (QED) is 0.813. The third-order valence-electron chi connectivity index (χ3n) is 6.27. The summed E-state index contributed by atoms with van der Waals surface area (Å²) < 4.78 is 5.62. The molecular formula is C20H29N5O3. The van der Waals surface area contributed by atoms with Gasteiger partial charge in [-0.2, -0.15) is 0 Å². The van der Waals surface area contributed by atoms with Crippen LogP contribution < -0.4 is 5.32 Å². The summed E-state index contributed by atoms with van der Waals surface area (Å²) in [5.41, 5.74) is 1.80. The van der Waals surface area contributed by atoms with Crippen molar-refractivity contribution in [3.05, 3.63) is 23.8 Å². The lowest BCUT2D eigenvalue weighted by Gasteiger charge is -2.47. The number of piperidine rings is 2. The molecule has 3 saturated heterocycles. The Morgan fingerprint density at radius 1 is 1.29 bits per heavy atom. The van der Waals surface area contributed by atoms with Crippen molar-refractivity contribution < 1.29 is 14.3 Å². The van der Waals surface area contributed by atoms with Gasteiger partial charge in [0.25, 0.3) is 5.91 Å². The molecule has 28 heavy (non-hydrogen) atoms. The average molecular weight is 387 g/mol. The van der Waals surface area contributed by atoms with Crippen molar-refractivity contribution in [2.24, 2.45) is 5.41 Å². The molecule has 1 atom stereocenters. The van der Waals surface area contributed by atoms with E-state index in [1.807, 2.05) is 16.7 Å². The highest BCUT2D eigenvalue weighted by molar-refractivity contribution is 5.81. The third-order valence-corrected chi connectivity index (χ3v) is 6.27. The van der Waals surface area contributed by atoms with Gasteiger partial charge in [0, 0.05) is 45.3 Å². The van der Waals surface area contributed by atoms with Crippen LogP contribution in [-0.2, 0) is 20.9 Å². The first-order chi connectivity index (χ1) is 13.5. The zero-order valence-electron chi connectivity index (χ0n) is 16.5. The lowest BCUT2D eigenvalue weighted by molar-refractivity contribution is -0.150. The predicted octanol–water partition coefficient (Wildman–Crippen LogP) is 0.505. The monoisotopic (exact) mass is 387 g/mol. The fourth-order valence-corrected chi connectivity index (χ4v) is 4.48. The van der Waals surface area contributed by atoms with Gasteiger partial charge in [-0.15, -0.1) is 0 Å². The van der Waals surface area contributed by atoms with Crippen LogP contribution in [0, 0.1) is 12.3 Å². The van der Waals surface area contributed by atoms with Crippen LogP contribution in [0.4, 0.5) is 0 Å². The van der Waals surface area contributed by atoms with Crippen LogP contribution in [0.25, 0.3) is 0 Å². The van der Waals surface area contributed by atoms with E-state index in [4.69, 9.17) is 4.74 Å². The summed E-state index contributed by atoms with van der Waals surface area (Å²) in [5, 5.41) is 3.22. The maximum absolute atomic E-state index is 12.7. The number of hydrogen-bond acceptors (Lipinski definition) is 6. The molecule has 2 amide bonds. The van der Waals surface area contributed by atoms with E-state index in [9.17, 15) is 9.59 Å². The summed E-state index contributed by atoms with van der Waals surface area (Å²) >= 11 is 0. The van der Waals surface area contributed by atoms with Gasteiger partial charge in [0.05, 0.1) is 30.7 Å². The second-order valence-electron chi connectivity index (χ2n) is 8.29. The number of morpholine rings is 1. The highest BCUT2D eigenvalue weighted by Gasteiger charge is 2.42. The molecule has 4 heterocycles. The Balaban J connectivity index is 1.35. The fraction of sp³-hybridized carbons (Fsp3) is 0.700. The van der Waals surface area contributed by atoms with Crippen LogP contribution in [0.1, 0.15) is 37.1 Å². The summed E-state index contributed by atoms with van der Waals surface area (Å²) in [4.78, 5) is 37.7. The summed E-state index contributed by atoms with van der Waals surface area (Å²) in [7, 11) is 0. The highest BCUT2D eigenvalue weighted by atomic mass is 16.5. The fourth-order valence-electron chi connectivity index (χ4n) is 4.48. The number of ether oxygens (including phenoxy) is 1. The van der Waals surface area contributed by atoms with Crippen molar-refractivity contribution >= 4 is 11.8 Å². The number of carbonyl (C=O) groups is 2. The molecule has 0 aromatic carbocycles. The number of nitrogens with zero attached hydrogens (tertiary/aromatic N) is 4. The molecule has 1 N–H and O–H groups in total. The minimum absolute atomic E-state index is 0.0979. The second-order valence-corrected chi connectivity index (χ2v) is 8.29. The average Bonchev–Trinajstić information content (AvgIpc) is 2.73. The van der Waals surface area contributed by atoms with Gasteiger partial charge in [0.1, 0.15) is 6.10 Å². The number of nitrogens with one attached hydrogen (secondary N) is 1. The third kappa shape index (κ3) is 4.17. The first-order valence-electron chi connectivity index (χ1n) is 10.2. The van der Waals surface area contributed by atoms with Crippen molar-refractivity contribution in [1.29, 1.82) is 0 Å². The number of carbonyl (C=O) groups excluding carboxylic acids is 2. The normalized spacial score (nSPS) is 25.2. The number of aromatic nitrogens is 2. The van der Waals surface area contributed by atoms with Crippen LogP contribution in [-0.4, -0.2) is 77.0 Å². The van der Waals surface area contributed by atoms with Crippen molar-refractivity contribution in [2.75, 3.05) is 39.3 Å². The molecule has 1 spiro atoms. The molecule has 8 nitrogen and oxygen atoms in total. The Bertz CT molecular complexity index is 709. The molecule has 3 aliphatic heterocycles. The van der Waals surface area contributed by atoms with E-state index in [0.29, 0.717) is 26.1 Å². The van der Waals surface area contributed by atoms with E-state index >= 15 is 0 Å². The standard InChI is InChI=1S/C20H29N5O3/c1-15-10-23-16(11-22-15)13-25-14-20(3-2-18(25)26)4-7-24(8-5-20)19(27)17-12-21-6-9-28-17/h10-11,17,21H,2-9,12-14H2,1H3/t17-/m0/s1. The number of rotatable bonds is 3. The molecule has 0 saturated carbocycles. The van der Waals surface area contributed by atoms with Crippen LogP contribution in [0.5, 0.6) is 0 Å². The summed E-state index contributed by atoms with van der Waals surface area (Å²) in [6.45, 7) is 6.63. The number of amides is 2. The van der Waals surface area contributed by atoms with Crippen LogP contribution >= 0.6 is 0 Å². The van der Waals surface area contributed by atoms with E-state index in [0.717, 1.165) is 56.8 Å². The molecule has 0 aliphatic carbocycles.